The van der Waals surface area contributed by atoms with Gasteiger partial charge in [0.25, 0.3) is 0 Å². The Hall–Kier alpha value is -1.21. The molecule has 1 heterocycles. The molecule has 3 aliphatic rings. The van der Waals surface area contributed by atoms with Gasteiger partial charge in [0.05, 0.1) is 45.1 Å². The first-order chi connectivity index (χ1) is 15.5. The monoisotopic (exact) mass is 449 g/mol. The van der Waals surface area contributed by atoms with Gasteiger partial charge in [-0.25, -0.2) is 0 Å². The van der Waals surface area contributed by atoms with E-state index < -0.39 is 6.10 Å². The lowest BCUT2D eigenvalue weighted by Gasteiger charge is -2.26. The molecule has 2 fully saturated rings. The SMILES string of the molecule is CCCC[C@H](C)C[C@H](O)/C=C/[C@@H]1[C@H]2CC(COCCC(=O)N3CCOCC3)=C[C@H]2C[C@H]1O. The quantitative estimate of drug-likeness (QED) is 0.353. The lowest BCUT2D eigenvalue weighted by Crippen LogP contribution is -2.41. The van der Waals surface area contributed by atoms with Crippen molar-refractivity contribution in [2.24, 2.45) is 23.7 Å². The van der Waals surface area contributed by atoms with Crippen molar-refractivity contribution in [2.75, 3.05) is 39.5 Å². The van der Waals surface area contributed by atoms with Crippen LogP contribution in [0, 0.1) is 23.7 Å². The van der Waals surface area contributed by atoms with Crippen LogP contribution in [0.2, 0.25) is 0 Å². The van der Waals surface area contributed by atoms with E-state index in [0.717, 1.165) is 25.7 Å². The van der Waals surface area contributed by atoms with Gasteiger partial charge in [0, 0.05) is 19.0 Å². The normalized spacial score (nSPS) is 29.9. The molecule has 6 atom stereocenters. The predicted molar refractivity (Wildman–Crippen MR) is 125 cm³/mol. The smallest absolute Gasteiger partial charge is 0.225 e. The molecule has 2 aliphatic carbocycles. The molecule has 0 unspecified atom stereocenters. The second-order valence-corrected chi connectivity index (χ2v) is 9.97. The number of amides is 1. The van der Waals surface area contributed by atoms with Gasteiger partial charge in [-0.3, -0.25) is 4.79 Å². The Kier molecular flexibility index (Phi) is 10.2. The van der Waals surface area contributed by atoms with Gasteiger partial charge in [0.15, 0.2) is 0 Å². The van der Waals surface area contributed by atoms with E-state index in [1.54, 1.807) is 0 Å². The number of carbonyl (C=O) groups is 1. The number of nitrogens with zero attached hydrogens (tertiary/aromatic N) is 1. The van der Waals surface area contributed by atoms with Crippen LogP contribution < -0.4 is 0 Å². The molecule has 32 heavy (non-hydrogen) atoms. The summed E-state index contributed by atoms with van der Waals surface area (Å²) in [6, 6.07) is 0. The Morgan fingerprint density at radius 3 is 2.91 bits per heavy atom. The third kappa shape index (κ3) is 7.41. The molecule has 0 spiro atoms. The Labute approximate surface area is 193 Å². The fourth-order valence-electron chi connectivity index (χ4n) is 5.46. The number of aliphatic hydroxyl groups excluding tert-OH is 2. The van der Waals surface area contributed by atoms with Crippen LogP contribution in [-0.2, 0) is 14.3 Å². The number of carbonyl (C=O) groups excluding carboxylic acids is 1. The molecule has 1 saturated carbocycles. The lowest BCUT2D eigenvalue weighted by molar-refractivity contribution is -0.136. The maximum atomic E-state index is 12.2. The molecule has 0 aromatic carbocycles. The fourth-order valence-corrected chi connectivity index (χ4v) is 5.46. The predicted octanol–water partition coefficient (Wildman–Crippen LogP) is 3.33. The second kappa shape index (κ2) is 12.9. The summed E-state index contributed by atoms with van der Waals surface area (Å²) in [7, 11) is 0. The standard InChI is InChI=1S/C26H43NO5/c1-3-4-5-19(2)14-22(28)6-7-23-24-16-20(15-21(24)17-25(23)29)18-32-11-8-26(30)27-9-12-31-13-10-27/h6-7,15,19,21-25,28-29H,3-5,8-14,16-18H2,1-2H3/b7-6+/t19-,21-,22+,23+,24-,25+/m0/s1. The van der Waals surface area contributed by atoms with E-state index in [-0.39, 0.29) is 17.9 Å². The van der Waals surface area contributed by atoms with Crippen LogP contribution in [0.5, 0.6) is 0 Å². The zero-order valence-electron chi connectivity index (χ0n) is 20.0. The van der Waals surface area contributed by atoms with Crippen molar-refractivity contribution >= 4 is 5.91 Å². The minimum Gasteiger partial charge on any atom is -0.392 e. The van der Waals surface area contributed by atoms with Gasteiger partial charge in [-0.1, -0.05) is 51.3 Å². The van der Waals surface area contributed by atoms with Crippen LogP contribution >= 0.6 is 0 Å². The van der Waals surface area contributed by atoms with Crippen LogP contribution in [0.4, 0.5) is 0 Å². The van der Waals surface area contributed by atoms with Crippen molar-refractivity contribution < 1.29 is 24.5 Å². The number of morpholine rings is 1. The molecule has 6 heteroatoms. The molecular weight excluding hydrogens is 406 g/mol. The van der Waals surface area contributed by atoms with Crippen molar-refractivity contribution in [1.29, 1.82) is 0 Å². The molecule has 1 amide bonds. The molecule has 0 bridgehead atoms. The minimum atomic E-state index is -0.436. The lowest BCUT2D eigenvalue weighted by atomic mass is 9.88. The van der Waals surface area contributed by atoms with Gasteiger partial charge in [0.1, 0.15) is 0 Å². The highest BCUT2D eigenvalue weighted by molar-refractivity contribution is 5.76. The first kappa shape index (κ1) is 25.4. The Morgan fingerprint density at radius 2 is 2.16 bits per heavy atom. The van der Waals surface area contributed by atoms with Crippen LogP contribution in [-0.4, -0.2) is 72.7 Å². The largest absolute Gasteiger partial charge is 0.392 e. The first-order valence-corrected chi connectivity index (χ1v) is 12.6. The number of hydrogen-bond acceptors (Lipinski definition) is 5. The third-order valence-electron chi connectivity index (χ3n) is 7.31. The summed E-state index contributed by atoms with van der Waals surface area (Å²) < 4.78 is 11.1. The van der Waals surface area contributed by atoms with E-state index in [2.05, 4.69) is 26.0 Å². The molecule has 1 saturated heterocycles. The Balaban J connectivity index is 1.38. The first-order valence-electron chi connectivity index (χ1n) is 12.6. The Morgan fingerprint density at radius 1 is 1.38 bits per heavy atom. The summed E-state index contributed by atoms with van der Waals surface area (Å²) >= 11 is 0. The van der Waals surface area contributed by atoms with E-state index in [1.165, 1.54) is 18.4 Å². The van der Waals surface area contributed by atoms with Crippen molar-refractivity contribution in [2.45, 2.75) is 71.0 Å². The topological polar surface area (TPSA) is 79.2 Å². The van der Waals surface area contributed by atoms with Crippen LogP contribution in [0.15, 0.2) is 23.8 Å². The molecule has 1 aliphatic heterocycles. The van der Waals surface area contributed by atoms with Gasteiger partial charge in [0.2, 0.25) is 5.91 Å². The average molecular weight is 450 g/mol. The van der Waals surface area contributed by atoms with E-state index >= 15 is 0 Å². The third-order valence-corrected chi connectivity index (χ3v) is 7.31. The minimum absolute atomic E-state index is 0.0947. The van der Waals surface area contributed by atoms with Crippen molar-refractivity contribution in [1.82, 2.24) is 4.90 Å². The summed E-state index contributed by atoms with van der Waals surface area (Å²) in [5.41, 5.74) is 1.28. The van der Waals surface area contributed by atoms with Gasteiger partial charge in [-0.15, -0.1) is 0 Å². The highest BCUT2D eigenvalue weighted by Gasteiger charge is 2.43. The van der Waals surface area contributed by atoms with E-state index in [9.17, 15) is 15.0 Å². The van der Waals surface area contributed by atoms with Gasteiger partial charge < -0.3 is 24.6 Å². The molecule has 6 nitrogen and oxygen atoms in total. The van der Waals surface area contributed by atoms with Crippen LogP contribution in [0.1, 0.15) is 58.8 Å². The van der Waals surface area contributed by atoms with E-state index in [1.807, 2.05) is 11.0 Å². The molecular formula is C26H43NO5. The second-order valence-electron chi connectivity index (χ2n) is 9.97. The number of hydrogen-bond donors (Lipinski definition) is 2. The number of aliphatic hydroxyl groups is 2. The van der Waals surface area contributed by atoms with Gasteiger partial charge in [-0.05, 0) is 42.6 Å². The molecule has 2 N–H and O–H groups in total. The zero-order valence-corrected chi connectivity index (χ0v) is 20.0. The zero-order chi connectivity index (χ0) is 22.9. The summed E-state index contributed by atoms with van der Waals surface area (Å²) in [6.07, 6.45) is 11.9. The van der Waals surface area contributed by atoms with Crippen molar-refractivity contribution in [3.8, 4) is 0 Å². The van der Waals surface area contributed by atoms with E-state index in [0.29, 0.717) is 63.7 Å². The number of unbranched alkanes of at least 4 members (excludes halogenated alkanes) is 1. The molecule has 3 rings (SSSR count). The van der Waals surface area contributed by atoms with Crippen molar-refractivity contribution in [3.63, 3.8) is 0 Å². The van der Waals surface area contributed by atoms with E-state index in [4.69, 9.17) is 9.47 Å². The van der Waals surface area contributed by atoms with Gasteiger partial charge in [-0.2, -0.15) is 0 Å². The summed E-state index contributed by atoms with van der Waals surface area (Å²) in [5.74, 6) is 1.52. The van der Waals surface area contributed by atoms with Crippen LogP contribution in [0.3, 0.4) is 0 Å². The number of fused-ring (bicyclic) bond motifs is 1. The van der Waals surface area contributed by atoms with Crippen molar-refractivity contribution in [3.05, 3.63) is 23.8 Å². The fraction of sp³-hybridized carbons (Fsp3) is 0.808. The number of rotatable bonds is 12. The maximum Gasteiger partial charge on any atom is 0.225 e. The Bertz CT molecular complexity index is 642. The number of allylic oxidation sites excluding steroid dienone is 1. The van der Waals surface area contributed by atoms with Gasteiger partial charge >= 0.3 is 0 Å². The maximum absolute atomic E-state index is 12.2. The summed E-state index contributed by atoms with van der Waals surface area (Å²) in [5, 5.41) is 20.9. The summed E-state index contributed by atoms with van der Waals surface area (Å²) in [6.45, 7) is 8.01. The number of ether oxygens (including phenoxy) is 2. The molecule has 0 radical (unpaired) electrons. The highest BCUT2D eigenvalue weighted by Crippen LogP contribution is 2.47. The average Bonchev–Trinajstić information content (AvgIpc) is 3.30. The highest BCUT2D eigenvalue weighted by atomic mass is 16.5. The summed E-state index contributed by atoms with van der Waals surface area (Å²) in [4.78, 5) is 14.0. The molecule has 0 aromatic rings. The molecule has 0 aromatic heterocycles. The molecule has 182 valence electrons. The van der Waals surface area contributed by atoms with Crippen LogP contribution in [0.25, 0.3) is 0 Å².